The molecular formula is C20H26O3. The zero-order valence-electron chi connectivity index (χ0n) is 14.2. The number of ketones is 1. The number of carbonyl (C=O) groups is 2. The normalized spacial score (nSPS) is 42.1. The summed E-state index contributed by atoms with van der Waals surface area (Å²) in [4.78, 5) is 23.6. The molecule has 3 unspecified atom stereocenters. The minimum absolute atomic E-state index is 0.117. The van der Waals surface area contributed by atoms with Crippen LogP contribution >= 0.6 is 0 Å². The molecule has 0 radical (unpaired) electrons. The molecule has 0 aliphatic heterocycles. The molecule has 2 fully saturated rings. The third-order valence-corrected chi connectivity index (χ3v) is 7.01. The van der Waals surface area contributed by atoms with Crippen LogP contribution in [0.4, 0.5) is 0 Å². The average molecular weight is 314 g/mol. The van der Waals surface area contributed by atoms with Crippen molar-refractivity contribution in [2.75, 3.05) is 0 Å². The van der Waals surface area contributed by atoms with Gasteiger partial charge in [0, 0.05) is 24.7 Å². The van der Waals surface area contributed by atoms with Gasteiger partial charge in [0.25, 0.3) is 0 Å². The Kier molecular flexibility index (Phi) is 3.33. The van der Waals surface area contributed by atoms with Crippen molar-refractivity contribution in [3.05, 3.63) is 23.3 Å². The van der Waals surface area contributed by atoms with Gasteiger partial charge in [-0.15, -0.1) is 0 Å². The van der Waals surface area contributed by atoms with Crippen molar-refractivity contribution in [1.82, 2.24) is 0 Å². The highest BCUT2D eigenvalue weighted by Crippen LogP contribution is 2.63. The van der Waals surface area contributed by atoms with E-state index in [4.69, 9.17) is 4.74 Å². The van der Waals surface area contributed by atoms with Gasteiger partial charge in [0.2, 0.25) is 0 Å². The van der Waals surface area contributed by atoms with Gasteiger partial charge in [0.15, 0.2) is 5.78 Å². The van der Waals surface area contributed by atoms with Crippen molar-refractivity contribution >= 4 is 11.8 Å². The molecule has 4 atom stereocenters. The van der Waals surface area contributed by atoms with E-state index in [1.165, 1.54) is 11.1 Å². The highest BCUT2D eigenvalue weighted by molar-refractivity contribution is 5.92. The van der Waals surface area contributed by atoms with Gasteiger partial charge >= 0.3 is 5.97 Å². The van der Waals surface area contributed by atoms with E-state index in [0.29, 0.717) is 18.3 Å². The third-order valence-electron chi connectivity index (χ3n) is 7.01. The van der Waals surface area contributed by atoms with Gasteiger partial charge in [0.1, 0.15) is 5.60 Å². The van der Waals surface area contributed by atoms with E-state index in [-0.39, 0.29) is 22.8 Å². The van der Waals surface area contributed by atoms with Gasteiger partial charge in [-0.1, -0.05) is 18.6 Å². The van der Waals surface area contributed by atoms with Gasteiger partial charge in [-0.2, -0.15) is 0 Å². The summed E-state index contributed by atoms with van der Waals surface area (Å²) < 4.78 is 6.11. The molecule has 4 aliphatic rings. The number of ether oxygens (including phenoxy) is 1. The van der Waals surface area contributed by atoms with Gasteiger partial charge in [0.05, 0.1) is 0 Å². The molecule has 0 heterocycles. The molecule has 3 heteroatoms. The predicted molar refractivity (Wildman–Crippen MR) is 87.7 cm³/mol. The maximum Gasteiger partial charge on any atom is 0.303 e. The maximum absolute atomic E-state index is 11.9. The summed E-state index contributed by atoms with van der Waals surface area (Å²) in [6, 6.07) is 0. The lowest BCUT2D eigenvalue weighted by atomic mass is 9.55. The number of rotatable bonds is 1. The Morgan fingerprint density at radius 1 is 1.22 bits per heavy atom. The molecule has 4 rings (SSSR count). The molecule has 23 heavy (non-hydrogen) atoms. The van der Waals surface area contributed by atoms with Gasteiger partial charge in [-0.25, -0.2) is 0 Å². The van der Waals surface area contributed by atoms with Crippen LogP contribution in [0.15, 0.2) is 23.3 Å². The van der Waals surface area contributed by atoms with Crippen LogP contribution in [0.25, 0.3) is 0 Å². The molecule has 0 N–H and O–H groups in total. The average Bonchev–Trinajstić information content (AvgIpc) is 2.82. The Bertz CT molecular complexity index is 629. The molecule has 0 saturated heterocycles. The molecule has 0 aromatic rings. The maximum atomic E-state index is 11.9. The van der Waals surface area contributed by atoms with Crippen molar-refractivity contribution in [3.8, 4) is 0 Å². The van der Waals surface area contributed by atoms with Crippen molar-refractivity contribution in [2.45, 2.75) is 70.8 Å². The van der Waals surface area contributed by atoms with Crippen LogP contribution in [-0.4, -0.2) is 17.4 Å². The molecule has 4 aliphatic carbocycles. The summed E-state index contributed by atoms with van der Waals surface area (Å²) in [5, 5.41) is 0. The monoisotopic (exact) mass is 314 g/mol. The van der Waals surface area contributed by atoms with Gasteiger partial charge < -0.3 is 4.74 Å². The minimum Gasteiger partial charge on any atom is -0.458 e. The second-order valence-electron chi connectivity index (χ2n) is 8.25. The van der Waals surface area contributed by atoms with Gasteiger partial charge in [-0.05, 0) is 62.5 Å². The van der Waals surface area contributed by atoms with Crippen molar-refractivity contribution in [1.29, 1.82) is 0 Å². The summed E-state index contributed by atoms with van der Waals surface area (Å²) in [7, 11) is 0. The predicted octanol–water partition coefficient (Wildman–Crippen LogP) is 4.12. The van der Waals surface area contributed by atoms with Crippen molar-refractivity contribution in [2.24, 2.45) is 17.3 Å². The van der Waals surface area contributed by atoms with Crippen LogP contribution < -0.4 is 0 Å². The van der Waals surface area contributed by atoms with Crippen LogP contribution in [0, 0.1) is 17.3 Å². The zero-order valence-corrected chi connectivity index (χ0v) is 14.2. The van der Waals surface area contributed by atoms with E-state index in [1.54, 1.807) is 6.92 Å². The standard InChI is InChI=1S/C20H26O3/c1-13(21)23-20-8-3-7-19(20,2)9-6-15-10-16-11-17(22)5-4-14(16)12-18(15)20/h10-11,14,18H,3-9,12H2,1-2H3/t14?,18?,19-,20?/m1/s1. The van der Waals surface area contributed by atoms with Gasteiger partial charge in [-0.3, -0.25) is 9.59 Å². The highest BCUT2D eigenvalue weighted by Gasteiger charge is 2.62. The molecule has 124 valence electrons. The smallest absolute Gasteiger partial charge is 0.303 e. The quantitative estimate of drug-likeness (QED) is 0.684. The number of hydrogen-bond donors (Lipinski definition) is 0. The van der Waals surface area contributed by atoms with E-state index in [2.05, 4.69) is 13.0 Å². The van der Waals surface area contributed by atoms with E-state index in [1.807, 2.05) is 6.08 Å². The fraction of sp³-hybridized carbons (Fsp3) is 0.700. The Morgan fingerprint density at radius 3 is 2.83 bits per heavy atom. The lowest BCUT2D eigenvalue weighted by Gasteiger charge is -2.54. The van der Waals surface area contributed by atoms with Crippen LogP contribution in [0.1, 0.15) is 65.2 Å². The fourth-order valence-electron chi connectivity index (χ4n) is 5.87. The lowest BCUT2D eigenvalue weighted by Crippen LogP contribution is -2.56. The van der Waals surface area contributed by atoms with E-state index < -0.39 is 0 Å². The lowest BCUT2D eigenvalue weighted by molar-refractivity contribution is -0.184. The Labute approximate surface area is 138 Å². The van der Waals surface area contributed by atoms with E-state index >= 15 is 0 Å². The largest absolute Gasteiger partial charge is 0.458 e. The molecule has 2 saturated carbocycles. The molecule has 0 spiro atoms. The summed E-state index contributed by atoms with van der Waals surface area (Å²) in [6.07, 6.45) is 12.3. The number of hydrogen-bond acceptors (Lipinski definition) is 3. The Hall–Kier alpha value is -1.38. The third kappa shape index (κ3) is 2.15. The van der Waals surface area contributed by atoms with Crippen molar-refractivity contribution < 1.29 is 14.3 Å². The number of carbonyl (C=O) groups excluding carboxylic acids is 2. The van der Waals surface area contributed by atoms with E-state index in [0.717, 1.165) is 44.9 Å². The van der Waals surface area contributed by atoms with Crippen LogP contribution in [-0.2, 0) is 14.3 Å². The fourth-order valence-corrected chi connectivity index (χ4v) is 5.87. The molecule has 0 aromatic carbocycles. The first-order chi connectivity index (χ1) is 10.9. The summed E-state index contributed by atoms with van der Waals surface area (Å²) in [5.74, 6) is 0.946. The topological polar surface area (TPSA) is 43.4 Å². The highest BCUT2D eigenvalue weighted by atomic mass is 16.6. The van der Waals surface area contributed by atoms with Crippen LogP contribution in [0.3, 0.4) is 0 Å². The SMILES string of the molecule is CC(=O)OC12CCC[C@]1(C)CCC1=CC3=CC(=O)CCC3CC12. The van der Waals surface area contributed by atoms with E-state index in [9.17, 15) is 9.59 Å². The summed E-state index contributed by atoms with van der Waals surface area (Å²) >= 11 is 0. The van der Waals surface area contributed by atoms with Crippen LogP contribution in [0.2, 0.25) is 0 Å². The molecule has 0 amide bonds. The first-order valence-electron chi connectivity index (χ1n) is 9.08. The van der Waals surface area contributed by atoms with Crippen molar-refractivity contribution in [3.63, 3.8) is 0 Å². The number of fused-ring (bicyclic) bond motifs is 4. The molecule has 0 aromatic heterocycles. The Balaban J connectivity index is 1.78. The molecular weight excluding hydrogens is 288 g/mol. The summed E-state index contributed by atoms with van der Waals surface area (Å²) in [6.45, 7) is 3.88. The molecule has 0 bridgehead atoms. The first kappa shape index (κ1) is 15.2. The number of esters is 1. The Morgan fingerprint density at radius 2 is 2.04 bits per heavy atom. The molecule has 3 nitrogen and oxygen atoms in total. The van der Waals surface area contributed by atoms with Crippen LogP contribution in [0.5, 0.6) is 0 Å². The first-order valence-corrected chi connectivity index (χ1v) is 9.08. The summed E-state index contributed by atoms with van der Waals surface area (Å²) in [5.41, 5.74) is 2.46. The second-order valence-corrected chi connectivity index (χ2v) is 8.25. The zero-order chi connectivity index (χ0) is 16.2. The second kappa shape index (κ2) is 5.06. The number of allylic oxidation sites excluding steroid dienone is 3. The minimum atomic E-state index is -0.310.